The lowest BCUT2D eigenvalue weighted by molar-refractivity contribution is 0.356. The molecule has 0 bridgehead atoms. The minimum atomic E-state index is 0.331. The SMILES string of the molecule is CC1CC(C)CN(c2nc(Cl)nc3scc(-c4ccc(Br)cc4)c23)C1. The first-order valence-electron chi connectivity index (χ1n) is 8.47. The van der Waals surface area contributed by atoms with Gasteiger partial charge in [0.15, 0.2) is 0 Å². The molecule has 0 spiro atoms. The Labute approximate surface area is 165 Å². The molecule has 2 unspecified atom stereocenters. The molecule has 3 heterocycles. The number of rotatable bonds is 2. The zero-order chi connectivity index (χ0) is 17.6. The zero-order valence-corrected chi connectivity index (χ0v) is 17.3. The van der Waals surface area contributed by atoms with Crippen LogP contribution in [0.25, 0.3) is 21.3 Å². The van der Waals surface area contributed by atoms with E-state index in [4.69, 9.17) is 11.6 Å². The first-order chi connectivity index (χ1) is 12.0. The van der Waals surface area contributed by atoms with E-state index in [0.717, 1.165) is 33.6 Å². The van der Waals surface area contributed by atoms with Gasteiger partial charge in [0.2, 0.25) is 5.28 Å². The average molecular weight is 437 g/mol. The van der Waals surface area contributed by atoms with Gasteiger partial charge in [-0.05, 0) is 47.6 Å². The highest BCUT2D eigenvalue weighted by molar-refractivity contribution is 9.10. The molecule has 1 fully saturated rings. The lowest BCUT2D eigenvalue weighted by atomic mass is 9.91. The van der Waals surface area contributed by atoms with Crippen LogP contribution in [0.5, 0.6) is 0 Å². The third kappa shape index (κ3) is 3.42. The molecule has 1 saturated heterocycles. The van der Waals surface area contributed by atoms with Crippen molar-refractivity contribution in [3.63, 3.8) is 0 Å². The number of anilines is 1. The molecule has 0 aliphatic carbocycles. The fourth-order valence-electron chi connectivity index (χ4n) is 3.80. The van der Waals surface area contributed by atoms with Gasteiger partial charge >= 0.3 is 0 Å². The van der Waals surface area contributed by atoms with Crippen molar-refractivity contribution in [2.45, 2.75) is 20.3 Å². The number of aromatic nitrogens is 2. The topological polar surface area (TPSA) is 29.0 Å². The molecule has 130 valence electrons. The van der Waals surface area contributed by atoms with Crippen LogP contribution in [0.1, 0.15) is 20.3 Å². The average Bonchev–Trinajstić information content (AvgIpc) is 2.97. The molecule has 6 heteroatoms. The first kappa shape index (κ1) is 17.3. The first-order valence-corrected chi connectivity index (χ1v) is 10.5. The second-order valence-electron chi connectivity index (χ2n) is 7.00. The minimum absolute atomic E-state index is 0.331. The Morgan fingerprint density at radius 1 is 1.12 bits per heavy atom. The van der Waals surface area contributed by atoms with Crippen molar-refractivity contribution in [1.82, 2.24) is 9.97 Å². The summed E-state index contributed by atoms with van der Waals surface area (Å²) < 4.78 is 1.08. The molecule has 0 amide bonds. The molecule has 1 aliphatic rings. The fourth-order valence-corrected chi connectivity index (χ4v) is 5.23. The largest absolute Gasteiger partial charge is 0.355 e. The molecule has 0 radical (unpaired) electrons. The molecule has 3 aromatic rings. The molecule has 0 saturated carbocycles. The van der Waals surface area contributed by atoms with Gasteiger partial charge in [-0.3, -0.25) is 0 Å². The fraction of sp³-hybridized carbons (Fsp3) is 0.368. The van der Waals surface area contributed by atoms with E-state index in [1.807, 2.05) is 0 Å². The number of hydrogen-bond donors (Lipinski definition) is 0. The second kappa shape index (κ2) is 6.86. The van der Waals surface area contributed by atoms with Crippen LogP contribution in [0.3, 0.4) is 0 Å². The predicted molar refractivity (Wildman–Crippen MR) is 111 cm³/mol. The van der Waals surface area contributed by atoms with E-state index in [1.165, 1.54) is 17.5 Å². The van der Waals surface area contributed by atoms with E-state index >= 15 is 0 Å². The van der Waals surface area contributed by atoms with Gasteiger partial charge in [0.1, 0.15) is 10.6 Å². The zero-order valence-electron chi connectivity index (χ0n) is 14.2. The van der Waals surface area contributed by atoms with Crippen LogP contribution in [0.15, 0.2) is 34.1 Å². The normalized spacial score (nSPS) is 21.0. The number of halogens is 2. The van der Waals surface area contributed by atoms with Gasteiger partial charge in [0.25, 0.3) is 0 Å². The Bertz CT molecular complexity index is 899. The van der Waals surface area contributed by atoms with E-state index in [2.05, 4.69) is 74.3 Å². The van der Waals surface area contributed by atoms with Gasteiger partial charge in [-0.2, -0.15) is 4.98 Å². The summed E-state index contributed by atoms with van der Waals surface area (Å²) in [7, 11) is 0. The summed E-state index contributed by atoms with van der Waals surface area (Å²) in [6.07, 6.45) is 1.27. The number of nitrogens with zero attached hydrogens (tertiary/aromatic N) is 3. The number of piperidine rings is 1. The molecule has 2 aromatic heterocycles. The standard InChI is InChI=1S/C19H19BrClN3S/c1-11-7-12(2)9-24(8-11)17-16-15(13-3-5-14(20)6-4-13)10-25-18(16)23-19(21)22-17/h3-6,10-12H,7-9H2,1-2H3. The van der Waals surface area contributed by atoms with Gasteiger partial charge in [-0.1, -0.05) is 41.9 Å². The van der Waals surface area contributed by atoms with E-state index in [1.54, 1.807) is 11.3 Å². The summed E-state index contributed by atoms with van der Waals surface area (Å²) in [4.78, 5) is 12.5. The monoisotopic (exact) mass is 435 g/mol. The van der Waals surface area contributed by atoms with Crippen molar-refractivity contribution in [2.75, 3.05) is 18.0 Å². The third-order valence-electron chi connectivity index (χ3n) is 4.71. The maximum absolute atomic E-state index is 6.24. The van der Waals surface area contributed by atoms with E-state index in [9.17, 15) is 0 Å². The Morgan fingerprint density at radius 3 is 2.48 bits per heavy atom. The molecular formula is C19H19BrClN3S. The van der Waals surface area contributed by atoms with Crippen LogP contribution in [-0.2, 0) is 0 Å². The van der Waals surface area contributed by atoms with Crippen LogP contribution >= 0.6 is 38.9 Å². The molecule has 0 N–H and O–H groups in total. The lowest BCUT2D eigenvalue weighted by Gasteiger charge is -2.36. The summed E-state index contributed by atoms with van der Waals surface area (Å²) in [5.74, 6) is 2.29. The Balaban J connectivity index is 1.88. The molecule has 4 rings (SSSR count). The molecular weight excluding hydrogens is 418 g/mol. The quantitative estimate of drug-likeness (QED) is 0.444. The molecule has 3 nitrogen and oxygen atoms in total. The van der Waals surface area contributed by atoms with Crippen molar-refractivity contribution in [1.29, 1.82) is 0 Å². The number of thiophene rings is 1. The van der Waals surface area contributed by atoms with E-state index in [0.29, 0.717) is 17.1 Å². The second-order valence-corrected chi connectivity index (χ2v) is 9.12. The van der Waals surface area contributed by atoms with Gasteiger partial charge in [-0.25, -0.2) is 4.98 Å². The van der Waals surface area contributed by atoms with Crippen LogP contribution < -0.4 is 4.90 Å². The number of benzene rings is 1. The smallest absolute Gasteiger partial charge is 0.225 e. The number of hydrogen-bond acceptors (Lipinski definition) is 4. The molecule has 1 aliphatic heterocycles. The highest BCUT2D eigenvalue weighted by Crippen LogP contribution is 2.40. The van der Waals surface area contributed by atoms with Crippen molar-refractivity contribution >= 4 is 54.9 Å². The van der Waals surface area contributed by atoms with Crippen LogP contribution in [0.2, 0.25) is 5.28 Å². The van der Waals surface area contributed by atoms with E-state index < -0.39 is 0 Å². The Hall–Kier alpha value is -1.17. The predicted octanol–water partition coefficient (Wildman–Crippen LogP) is 6.26. The summed E-state index contributed by atoms with van der Waals surface area (Å²) in [5.41, 5.74) is 2.37. The van der Waals surface area contributed by atoms with Crippen molar-refractivity contribution < 1.29 is 0 Å². The summed E-state index contributed by atoms with van der Waals surface area (Å²) in [6, 6.07) is 8.40. The highest BCUT2D eigenvalue weighted by Gasteiger charge is 2.26. The number of fused-ring (bicyclic) bond motifs is 1. The Morgan fingerprint density at radius 2 is 1.80 bits per heavy atom. The van der Waals surface area contributed by atoms with Gasteiger partial charge < -0.3 is 4.90 Å². The summed E-state index contributed by atoms with van der Waals surface area (Å²) >= 11 is 11.4. The van der Waals surface area contributed by atoms with Crippen LogP contribution in [0.4, 0.5) is 5.82 Å². The van der Waals surface area contributed by atoms with Crippen LogP contribution in [-0.4, -0.2) is 23.1 Å². The van der Waals surface area contributed by atoms with Gasteiger partial charge in [0.05, 0.1) is 5.39 Å². The molecule has 1 aromatic carbocycles. The summed E-state index contributed by atoms with van der Waals surface area (Å²) in [6.45, 7) is 6.66. The maximum atomic E-state index is 6.24. The van der Waals surface area contributed by atoms with Crippen molar-refractivity contribution in [2.24, 2.45) is 11.8 Å². The Kier molecular flexibility index (Phi) is 4.73. The molecule has 25 heavy (non-hydrogen) atoms. The minimum Gasteiger partial charge on any atom is -0.355 e. The van der Waals surface area contributed by atoms with E-state index in [-0.39, 0.29) is 0 Å². The highest BCUT2D eigenvalue weighted by atomic mass is 79.9. The van der Waals surface area contributed by atoms with Crippen LogP contribution in [0, 0.1) is 11.8 Å². The summed E-state index contributed by atoms with van der Waals surface area (Å²) in [5, 5.41) is 3.62. The lowest BCUT2D eigenvalue weighted by Crippen LogP contribution is -2.39. The van der Waals surface area contributed by atoms with Crippen molar-refractivity contribution in [3.05, 3.63) is 39.4 Å². The van der Waals surface area contributed by atoms with Gasteiger partial charge in [-0.15, -0.1) is 11.3 Å². The van der Waals surface area contributed by atoms with Crippen molar-refractivity contribution in [3.8, 4) is 11.1 Å². The maximum Gasteiger partial charge on any atom is 0.225 e. The van der Waals surface area contributed by atoms with Gasteiger partial charge in [0, 0.05) is 28.5 Å². The third-order valence-corrected chi connectivity index (χ3v) is 6.28. The molecule has 2 atom stereocenters.